The second-order valence-corrected chi connectivity index (χ2v) is 6.08. The average Bonchev–Trinajstić information content (AvgIpc) is 2.45. The molecule has 1 aliphatic heterocycles. The molecule has 8 nitrogen and oxygen atoms in total. The molecule has 106 valence electrons. The zero-order chi connectivity index (χ0) is 14.2. The lowest BCUT2D eigenvalue weighted by atomic mass is 10.3. The summed E-state index contributed by atoms with van der Waals surface area (Å²) >= 11 is 5.74. The predicted molar refractivity (Wildman–Crippen MR) is 63.6 cm³/mol. The molecule has 0 unspecified atom stereocenters. The molecule has 0 aliphatic carbocycles. The summed E-state index contributed by atoms with van der Waals surface area (Å²) in [6.45, 7) is 0.543. The Bertz CT molecular complexity index is 609. The highest BCUT2D eigenvalue weighted by molar-refractivity contribution is 8.10. The fourth-order valence-electron chi connectivity index (χ4n) is 1.33. The molecule has 19 heavy (non-hydrogen) atoms. The van der Waals surface area contributed by atoms with Crippen LogP contribution in [0.4, 0.5) is 0 Å². The maximum Gasteiger partial charge on any atom is 0.402 e. The molecule has 0 bridgehead atoms. The molecule has 11 heteroatoms. The molecule has 0 atom stereocenters. The number of hydrogen-bond donors (Lipinski definition) is 0. The maximum atomic E-state index is 11.9. The van der Waals surface area contributed by atoms with Gasteiger partial charge >= 0.3 is 15.3 Å². The molecule has 0 spiro atoms. The van der Waals surface area contributed by atoms with E-state index in [0.29, 0.717) is 0 Å². The Morgan fingerprint density at radius 2 is 2.16 bits per heavy atom. The van der Waals surface area contributed by atoms with Crippen LogP contribution in [0.2, 0.25) is 5.15 Å². The zero-order valence-electron chi connectivity index (χ0n) is 9.50. The first kappa shape index (κ1) is 14.4. The Morgan fingerprint density at radius 3 is 2.63 bits per heavy atom. The van der Waals surface area contributed by atoms with Crippen molar-refractivity contribution in [2.75, 3.05) is 13.2 Å². The molecule has 0 aromatic carbocycles. The number of carbonyl (C=O) groups is 1. The summed E-state index contributed by atoms with van der Waals surface area (Å²) in [7, 11) is 1.96. The van der Waals surface area contributed by atoms with Crippen LogP contribution < -0.4 is 4.18 Å². The van der Waals surface area contributed by atoms with Crippen molar-refractivity contribution in [2.24, 2.45) is 7.05 Å². The Balaban J connectivity index is 2.29. The number of rotatable bonds is 4. The molecule has 1 aliphatic rings. The third kappa shape index (κ3) is 3.30. The first-order chi connectivity index (χ1) is 8.78. The van der Waals surface area contributed by atoms with Gasteiger partial charge in [0.2, 0.25) is 5.88 Å². The Morgan fingerprint density at radius 1 is 1.53 bits per heavy atom. The van der Waals surface area contributed by atoms with Gasteiger partial charge in [0.1, 0.15) is 6.10 Å². The van der Waals surface area contributed by atoms with Crippen LogP contribution >= 0.6 is 22.3 Å². The van der Waals surface area contributed by atoms with Gasteiger partial charge in [-0.1, -0.05) is 11.6 Å². The van der Waals surface area contributed by atoms with Crippen molar-refractivity contribution in [3.05, 3.63) is 10.7 Å². The van der Waals surface area contributed by atoms with E-state index in [4.69, 9.17) is 31.8 Å². The topological polar surface area (TPSA) is 96.7 Å². The van der Waals surface area contributed by atoms with Crippen molar-refractivity contribution in [2.45, 2.75) is 6.10 Å². The van der Waals surface area contributed by atoms with Gasteiger partial charge in [-0.05, 0) is 0 Å². The van der Waals surface area contributed by atoms with Crippen molar-refractivity contribution in [1.29, 1.82) is 0 Å². The highest BCUT2D eigenvalue weighted by atomic mass is 35.7. The fraction of sp³-hybridized carbons (Fsp3) is 0.500. The molecule has 1 fully saturated rings. The molecular formula is C8H8Cl2N2O6S. The molecule has 2 heterocycles. The molecule has 1 aromatic heterocycles. The van der Waals surface area contributed by atoms with E-state index in [0.717, 1.165) is 4.68 Å². The normalized spacial score (nSPS) is 15.9. The maximum absolute atomic E-state index is 11.9. The van der Waals surface area contributed by atoms with E-state index in [1.807, 2.05) is 0 Å². The van der Waals surface area contributed by atoms with Gasteiger partial charge < -0.3 is 13.7 Å². The molecule has 0 radical (unpaired) electrons. The highest BCUT2D eigenvalue weighted by Gasteiger charge is 2.31. The van der Waals surface area contributed by atoms with Crippen LogP contribution in [0.3, 0.4) is 0 Å². The second kappa shape index (κ2) is 5.16. The number of hydrogen-bond acceptors (Lipinski definition) is 7. The minimum Gasteiger partial charge on any atom is -0.454 e. The van der Waals surface area contributed by atoms with Crippen molar-refractivity contribution < 1.29 is 26.9 Å². The quantitative estimate of drug-likeness (QED) is 0.585. The number of aryl methyl sites for hydroxylation is 1. The molecule has 2 rings (SSSR count). The minimum atomic E-state index is -4.34. The minimum absolute atomic E-state index is 0.247. The second-order valence-electron chi connectivity index (χ2n) is 3.64. The Hall–Kier alpha value is -1.03. The zero-order valence-corrected chi connectivity index (χ0v) is 11.8. The summed E-state index contributed by atoms with van der Waals surface area (Å²) in [6, 6.07) is 0. The predicted octanol–water partition coefficient (Wildman–Crippen LogP) is 0.492. The van der Waals surface area contributed by atoms with E-state index in [1.165, 1.54) is 7.05 Å². The number of ether oxygens (including phenoxy) is 2. The lowest BCUT2D eigenvalue weighted by Crippen LogP contribution is -2.37. The van der Waals surface area contributed by atoms with Crippen molar-refractivity contribution >= 4 is 37.6 Å². The van der Waals surface area contributed by atoms with Crippen molar-refractivity contribution in [3.63, 3.8) is 0 Å². The number of halogens is 2. The van der Waals surface area contributed by atoms with Gasteiger partial charge in [0.25, 0.3) is 0 Å². The standard InChI is InChI=1S/C8H8Cl2N2O6S/c1-12-7(18-19(10,14)15)5(6(9)11-12)8(13)17-4-2-16-3-4/h4H,2-3H2,1H3. The molecular weight excluding hydrogens is 323 g/mol. The Kier molecular flexibility index (Phi) is 3.90. The van der Waals surface area contributed by atoms with Gasteiger partial charge in [0, 0.05) is 7.05 Å². The monoisotopic (exact) mass is 330 g/mol. The third-order valence-electron chi connectivity index (χ3n) is 2.22. The highest BCUT2D eigenvalue weighted by Crippen LogP contribution is 2.29. The summed E-state index contributed by atoms with van der Waals surface area (Å²) in [5.41, 5.74) is -0.305. The van der Waals surface area contributed by atoms with Gasteiger partial charge in [-0.25, -0.2) is 9.48 Å². The Labute approximate surface area is 117 Å². The summed E-state index contributed by atoms with van der Waals surface area (Å²) in [4.78, 5) is 11.9. The average molecular weight is 331 g/mol. The van der Waals surface area contributed by atoms with E-state index >= 15 is 0 Å². The molecule has 1 aromatic rings. The van der Waals surface area contributed by atoms with Gasteiger partial charge in [-0.3, -0.25) is 0 Å². The van der Waals surface area contributed by atoms with Crippen LogP contribution in [-0.4, -0.2) is 43.5 Å². The third-order valence-corrected chi connectivity index (χ3v) is 3.03. The van der Waals surface area contributed by atoms with Gasteiger partial charge in [0.15, 0.2) is 10.7 Å². The van der Waals surface area contributed by atoms with Gasteiger partial charge in [-0.15, -0.1) is 0 Å². The van der Waals surface area contributed by atoms with E-state index < -0.39 is 27.3 Å². The number of esters is 1. The molecule has 0 N–H and O–H groups in total. The summed E-state index contributed by atoms with van der Waals surface area (Å²) in [6.07, 6.45) is -0.399. The first-order valence-electron chi connectivity index (χ1n) is 4.93. The summed E-state index contributed by atoms with van der Waals surface area (Å²) in [5, 5.41) is 3.42. The molecule has 0 saturated carbocycles. The first-order valence-corrected chi connectivity index (χ1v) is 7.54. The van der Waals surface area contributed by atoms with Gasteiger partial charge in [-0.2, -0.15) is 13.5 Å². The van der Waals surface area contributed by atoms with E-state index in [9.17, 15) is 13.2 Å². The lowest BCUT2D eigenvalue weighted by Gasteiger charge is -2.25. The van der Waals surface area contributed by atoms with Crippen molar-refractivity contribution in [3.8, 4) is 5.88 Å². The van der Waals surface area contributed by atoms with Crippen LogP contribution in [0.5, 0.6) is 5.88 Å². The SMILES string of the molecule is Cn1nc(Cl)c(C(=O)OC2COC2)c1OS(=O)(=O)Cl. The lowest BCUT2D eigenvalue weighted by molar-refractivity contribution is -0.103. The number of carbonyl (C=O) groups excluding carboxylic acids is 1. The van der Waals surface area contributed by atoms with E-state index in [1.54, 1.807) is 0 Å². The molecule has 0 amide bonds. The largest absolute Gasteiger partial charge is 0.454 e. The van der Waals surface area contributed by atoms with E-state index in [2.05, 4.69) is 9.28 Å². The number of aromatic nitrogens is 2. The summed E-state index contributed by atoms with van der Waals surface area (Å²) in [5.74, 6) is -1.27. The van der Waals surface area contributed by atoms with Crippen LogP contribution in [0.25, 0.3) is 0 Å². The van der Waals surface area contributed by atoms with E-state index in [-0.39, 0.29) is 23.9 Å². The smallest absolute Gasteiger partial charge is 0.402 e. The van der Waals surface area contributed by atoms with Crippen LogP contribution in [0.1, 0.15) is 10.4 Å². The van der Waals surface area contributed by atoms with Crippen LogP contribution in [0, 0.1) is 0 Å². The van der Waals surface area contributed by atoms with Crippen molar-refractivity contribution in [1.82, 2.24) is 9.78 Å². The summed E-state index contributed by atoms with van der Waals surface area (Å²) < 4.78 is 37.1. The van der Waals surface area contributed by atoms with Crippen LogP contribution in [-0.2, 0) is 25.9 Å². The van der Waals surface area contributed by atoms with Crippen LogP contribution in [0.15, 0.2) is 0 Å². The number of nitrogens with zero attached hydrogens (tertiary/aromatic N) is 2. The molecule has 1 saturated heterocycles. The van der Waals surface area contributed by atoms with Gasteiger partial charge in [0.05, 0.1) is 23.9 Å². The fourth-order valence-corrected chi connectivity index (χ4v) is 2.16.